The maximum absolute atomic E-state index is 11.9. The number of sulfone groups is 1. The topological polar surface area (TPSA) is 46.2 Å². The second-order valence-corrected chi connectivity index (χ2v) is 8.59. The summed E-state index contributed by atoms with van der Waals surface area (Å²) in [5, 5.41) is 3.23. The fourth-order valence-corrected chi connectivity index (χ4v) is 2.84. The van der Waals surface area contributed by atoms with E-state index < -0.39 is 14.6 Å². The van der Waals surface area contributed by atoms with Crippen molar-refractivity contribution in [1.82, 2.24) is 5.32 Å². The van der Waals surface area contributed by atoms with E-state index in [0.29, 0.717) is 6.54 Å². The summed E-state index contributed by atoms with van der Waals surface area (Å²) in [6.45, 7) is 8.59. The molecule has 0 heterocycles. The molecule has 0 fully saturated rings. The van der Waals surface area contributed by atoms with Crippen LogP contribution in [0.3, 0.4) is 0 Å². The van der Waals surface area contributed by atoms with Gasteiger partial charge in [-0.2, -0.15) is 0 Å². The standard InChI is InChI=1S/C15H25NO2S/c1-5-13-8-6-7-9-14(13)12-16-10-11-19(17,18)15(2,3)4/h6-9,16H,5,10-12H2,1-4H3. The molecule has 0 aliphatic heterocycles. The maximum atomic E-state index is 11.9. The van der Waals surface area contributed by atoms with Crippen LogP contribution in [0.1, 0.15) is 38.8 Å². The van der Waals surface area contributed by atoms with Crippen molar-refractivity contribution in [3.63, 3.8) is 0 Å². The van der Waals surface area contributed by atoms with E-state index in [1.54, 1.807) is 20.8 Å². The van der Waals surface area contributed by atoms with E-state index in [2.05, 4.69) is 24.4 Å². The number of rotatable bonds is 6. The Hall–Kier alpha value is -0.870. The molecule has 1 N–H and O–H groups in total. The second kappa shape index (κ2) is 6.53. The number of hydrogen-bond acceptors (Lipinski definition) is 3. The van der Waals surface area contributed by atoms with E-state index in [-0.39, 0.29) is 5.75 Å². The molecule has 0 saturated carbocycles. The summed E-state index contributed by atoms with van der Waals surface area (Å²) >= 11 is 0. The Morgan fingerprint density at radius 2 is 1.68 bits per heavy atom. The van der Waals surface area contributed by atoms with Gasteiger partial charge in [0.15, 0.2) is 9.84 Å². The summed E-state index contributed by atoms with van der Waals surface area (Å²) in [7, 11) is -3.03. The molecule has 3 nitrogen and oxygen atoms in total. The van der Waals surface area contributed by atoms with Gasteiger partial charge in [-0.25, -0.2) is 8.42 Å². The van der Waals surface area contributed by atoms with E-state index in [9.17, 15) is 8.42 Å². The molecule has 1 aromatic rings. The molecule has 1 aromatic carbocycles. The first-order valence-electron chi connectivity index (χ1n) is 6.77. The Kier molecular flexibility index (Phi) is 5.56. The first kappa shape index (κ1) is 16.2. The summed E-state index contributed by atoms with van der Waals surface area (Å²) in [5.74, 6) is 0.185. The lowest BCUT2D eigenvalue weighted by atomic mass is 10.1. The zero-order chi connectivity index (χ0) is 14.5. The van der Waals surface area contributed by atoms with Crippen LogP contribution in [0.5, 0.6) is 0 Å². The lowest BCUT2D eigenvalue weighted by Crippen LogP contribution is -2.34. The molecule has 0 radical (unpaired) electrons. The quantitative estimate of drug-likeness (QED) is 0.816. The maximum Gasteiger partial charge on any atom is 0.156 e. The molecular weight excluding hydrogens is 258 g/mol. The molecule has 0 saturated heterocycles. The van der Waals surface area contributed by atoms with Crippen molar-refractivity contribution < 1.29 is 8.42 Å². The van der Waals surface area contributed by atoms with Crippen molar-refractivity contribution in [2.45, 2.75) is 45.4 Å². The van der Waals surface area contributed by atoms with E-state index >= 15 is 0 Å². The highest BCUT2D eigenvalue weighted by Gasteiger charge is 2.27. The van der Waals surface area contributed by atoms with Gasteiger partial charge in [0.1, 0.15) is 0 Å². The minimum absolute atomic E-state index is 0.185. The van der Waals surface area contributed by atoms with Gasteiger partial charge in [-0.05, 0) is 38.3 Å². The molecule has 0 aliphatic carbocycles. The van der Waals surface area contributed by atoms with Gasteiger partial charge in [-0.3, -0.25) is 0 Å². The van der Waals surface area contributed by atoms with Crippen LogP contribution in [0.15, 0.2) is 24.3 Å². The van der Waals surface area contributed by atoms with Crippen LogP contribution in [-0.2, 0) is 22.8 Å². The van der Waals surface area contributed by atoms with Gasteiger partial charge < -0.3 is 5.32 Å². The highest BCUT2D eigenvalue weighted by molar-refractivity contribution is 7.92. The fraction of sp³-hybridized carbons (Fsp3) is 0.600. The van der Waals surface area contributed by atoms with Crippen molar-refractivity contribution in [2.24, 2.45) is 0 Å². The van der Waals surface area contributed by atoms with Crippen LogP contribution in [0.4, 0.5) is 0 Å². The largest absolute Gasteiger partial charge is 0.312 e. The Balaban J connectivity index is 2.48. The highest BCUT2D eigenvalue weighted by atomic mass is 32.2. The third kappa shape index (κ3) is 4.62. The van der Waals surface area contributed by atoms with Crippen molar-refractivity contribution in [3.05, 3.63) is 35.4 Å². The number of hydrogen-bond donors (Lipinski definition) is 1. The molecule has 0 aromatic heterocycles. The predicted molar refractivity (Wildman–Crippen MR) is 81.1 cm³/mol. The van der Waals surface area contributed by atoms with Crippen molar-refractivity contribution >= 4 is 9.84 Å². The number of nitrogens with one attached hydrogen (secondary N) is 1. The number of benzene rings is 1. The number of aryl methyl sites for hydroxylation is 1. The lowest BCUT2D eigenvalue weighted by Gasteiger charge is -2.19. The first-order chi connectivity index (χ1) is 8.78. The summed E-state index contributed by atoms with van der Waals surface area (Å²) < 4.78 is 23.2. The van der Waals surface area contributed by atoms with Gasteiger partial charge in [-0.15, -0.1) is 0 Å². The zero-order valence-corrected chi connectivity index (χ0v) is 13.2. The molecule has 19 heavy (non-hydrogen) atoms. The van der Waals surface area contributed by atoms with Gasteiger partial charge in [0.05, 0.1) is 10.5 Å². The third-order valence-electron chi connectivity index (χ3n) is 3.30. The predicted octanol–water partition coefficient (Wildman–Crippen LogP) is 2.55. The van der Waals surface area contributed by atoms with Gasteiger partial charge in [0.2, 0.25) is 0 Å². The minimum atomic E-state index is -3.03. The smallest absolute Gasteiger partial charge is 0.156 e. The van der Waals surface area contributed by atoms with Crippen LogP contribution in [0.2, 0.25) is 0 Å². The molecule has 0 aliphatic rings. The van der Waals surface area contributed by atoms with Crippen LogP contribution in [0.25, 0.3) is 0 Å². The molecule has 0 unspecified atom stereocenters. The highest BCUT2D eigenvalue weighted by Crippen LogP contribution is 2.15. The van der Waals surface area contributed by atoms with Crippen LogP contribution < -0.4 is 5.32 Å². The van der Waals surface area contributed by atoms with E-state index in [1.807, 2.05) is 12.1 Å². The Morgan fingerprint density at radius 1 is 1.11 bits per heavy atom. The van der Waals surface area contributed by atoms with Gasteiger partial charge >= 0.3 is 0 Å². The van der Waals surface area contributed by atoms with E-state index in [4.69, 9.17) is 0 Å². The normalized spacial score (nSPS) is 12.6. The van der Waals surface area contributed by atoms with E-state index in [0.717, 1.165) is 13.0 Å². The van der Waals surface area contributed by atoms with Crippen molar-refractivity contribution in [1.29, 1.82) is 0 Å². The zero-order valence-electron chi connectivity index (χ0n) is 12.4. The molecule has 0 bridgehead atoms. The monoisotopic (exact) mass is 283 g/mol. The molecule has 1 rings (SSSR count). The van der Waals surface area contributed by atoms with Crippen LogP contribution in [0, 0.1) is 0 Å². The molecule has 108 valence electrons. The van der Waals surface area contributed by atoms with Gasteiger partial charge in [0.25, 0.3) is 0 Å². The first-order valence-corrected chi connectivity index (χ1v) is 8.43. The average Bonchev–Trinajstić information content (AvgIpc) is 2.33. The molecular formula is C15H25NO2S. The van der Waals surface area contributed by atoms with Gasteiger partial charge in [0, 0.05) is 13.1 Å². The Morgan fingerprint density at radius 3 is 2.21 bits per heavy atom. The molecule has 4 heteroatoms. The summed E-state index contributed by atoms with van der Waals surface area (Å²) in [5.41, 5.74) is 2.56. The van der Waals surface area contributed by atoms with Gasteiger partial charge in [-0.1, -0.05) is 31.2 Å². The summed E-state index contributed by atoms with van der Waals surface area (Å²) in [4.78, 5) is 0. The fourth-order valence-electron chi connectivity index (χ4n) is 1.81. The average molecular weight is 283 g/mol. The molecule has 0 atom stereocenters. The third-order valence-corrected chi connectivity index (χ3v) is 5.90. The Labute approximate surface area is 117 Å². The Bertz CT molecular complexity index is 501. The SMILES string of the molecule is CCc1ccccc1CNCCS(=O)(=O)C(C)(C)C. The van der Waals surface area contributed by atoms with Crippen LogP contribution >= 0.6 is 0 Å². The van der Waals surface area contributed by atoms with E-state index in [1.165, 1.54) is 11.1 Å². The minimum Gasteiger partial charge on any atom is -0.312 e. The lowest BCUT2D eigenvalue weighted by molar-refractivity contribution is 0.555. The molecule has 0 amide bonds. The second-order valence-electron chi connectivity index (χ2n) is 5.73. The van der Waals surface area contributed by atoms with Crippen LogP contribution in [-0.4, -0.2) is 25.5 Å². The molecule has 0 spiro atoms. The summed E-state index contributed by atoms with van der Waals surface area (Å²) in [6.07, 6.45) is 0.998. The van der Waals surface area contributed by atoms with Crippen molar-refractivity contribution in [2.75, 3.05) is 12.3 Å². The van der Waals surface area contributed by atoms with Crippen molar-refractivity contribution in [3.8, 4) is 0 Å². The summed E-state index contributed by atoms with van der Waals surface area (Å²) in [6, 6.07) is 8.25.